The highest BCUT2D eigenvalue weighted by atomic mass is 19.1. The van der Waals surface area contributed by atoms with Crippen molar-refractivity contribution < 1.29 is 9.13 Å². The van der Waals surface area contributed by atoms with Crippen LogP contribution in [0, 0.1) is 6.07 Å². The topological polar surface area (TPSA) is 9.23 Å². The number of benzene rings is 1. The minimum absolute atomic E-state index is 0.232. The van der Waals surface area contributed by atoms with Crippen molar-refractivity contribution in [2.45, 2.75) is 19.4 Å². The lowest BCUT2D eigenvalue weighted by atomic mass is 10.1. The summed E-state index contributed by atoms with van der Waals surface area (Å²) < 4.78 is 17.7. The van der Waals surface area contributed by atoms with Gasteiger partial charge in [-0.1, -0.05) is 24.3 Å². The van der Waals surface area contributed by atoms with E-state index in [2.05, 4.69) is 6.07 Å². The first-order valence-corrected chi connectivity index (χ1v) is 4.25. The quantitative estimate of drug-likeness (QED) is 0.674. The predicted octanol–water partition coefficient (Wildman–Crippen LogP) is 2.89. The molecule has 0 spiro atoms. The Hall–Kier alpha value is -1.15. The van der Waals surface area contributed by atoms with Crippen molar-refractivity contribution in [3.8, 4) is 0 Å². The largest absolute Gasteiger partial charge is 0.336 e. The molecule has 0 aliphatic heterocycles. The van der Waals surface area contributed by atoms with Gasteiger partial charge < -0.3 is 4.74 Å². The number of rotatable bonds is 2. The van der Waals surface area contributed by atoms with Crippen molar-refractivity contribution >= 4 is 6.08 Å². The van der Waals surface area contributed by atoms with Gasteiger partial charge in [-0.2, -0.15) is 0 Å². The van der Waals surface area contributed by atoms with Gasteiger partial charge in [-0.3, -0.25) is 0 Å². The molecule has 0 bridgehead atoms. The second-order valence-electron chi connectivity index (χ2n) is 3.01. The van der Waals surface area contributed by atoms with Crippen LogP contribution in [0.5, 0.6) is 0 Å². The maximum atomic E-state index is 12.6. The summed E-state index contributed by atoms with van der Waals surface area (Å²) >= 11 is 0. The Labute approximate surface area is 76.8 Å². The molecule has 13 heavy (non-hydrogen) atoms. The summed E-state index contributed by atoms with van der Waals surface area (Å²) in [7, 11) is 0. The lowest BCUT2D eigenvalue weighted by Gasteiger charge is -2.12. The molecule has 0 saturated heterocycles. The molecule has 0 fully saturated rings. The molecule has 1 radical (unpaired) electrons. The molecule has 1 aromatic carbocycles. The first-order valence-electron chi connectivity index (χ1n) is 4.25. The third kappa shape index (κ3) is 1.63. The average Bonchev–Trinajstić information content (AvgIpc) is 2.48. The van der Waals surface area contributed by atoms with E-state index in [1.165, 1.54) is 6.92 Å². The fourth-order valence-corrected chi connectivity index (χ4v) is 1.47. The van der Waals surface area contributed by atoms with Gasteiger partial charge in [0.25, 0.3) is 0 Å². The molecule has 0 heterocycles. The Morgan fingerprint density at radius 2 is 2.46 bits per heavy atom. The summed E-state index contributed by atoms with van der Waals surface area (Å²) in [6, 6.07) is 8.55. The fourth-order valence-electron chi connectivity index (χ4n) is 1.47. The number of alkyl halides is 1. The summed E-state index contributed by atoms with van der Waals surface area (Å²) in [5.41, 5.74) is 2.08. The number of hydrogen-bond donors (Lipinski definition) is 0. The Morgan fingerprint density at radius 3 is 3.23 bits per heavy atom. The molecular weight excluding hydrogens is 167 g/mol. The number of halogens is 1. The lowest BCUT2D eigenvalue weighted by molar-refractivity contribution is -0.0551. The zero-order valence-corrected chi connectivity index (χ0v) is 7.33. The monoisotopic (exact) mass is 177 g/mol. The van der Waals surface area contributed by atoms with E-state index < -0.39 is 6.36 Å². The molecule has 1 nitrogen and oxygen atoms in total. The molecule has 1 aliphatic carbocycles. The second-order valence-corrected chi connectivity index (χ2v) is 3.01. The molecule has 2 unspecified atom stereocenters. The molecule has 0 aromatic heterocycles. The van der Waals surface area contributed by atoms with E-state index >= 15 is 0 Å². The van der Waals surface area contributed by atoms with Crippen LogP contribution in [0.2, 0.25) is 0 Å². The summed E-state index contributed by atoms with van der Waals surface area (Å²) in [5, 5.41) is 0. The highest BCUT2D eigenvalue weighted by Crippen LogP contribution is 2.31. The zero-order chi connectivity index (χ0) is 9.26. The normalized spacial score (nSPS) is 21.5. The van der Waals surface area contributed by atoms with Crippen molar-refractivity contribution in [2.75, 3.05) is 0 Å². The molecule has 0 N–H and O–H groups in total. The molecule has 1 aliphatic rings. The number of hydrogen-bond acceptors (Lipinski definition) is 1. The Morgan fingerprint density at radius 1 is 1.62 bits per heavy atom. The summed E-state index contributed by atoms with van der Waals surface area (Å²) in [5.74, 6) is 0. The minimum Gasteiger partial charge on any atom is -0.336 e. The maximum Gasteiger partial charge on any atom is 0.196 e. The molecule has 0 amide bonds. The van der Waals surface area contributed by atoms with Gasteiger partial charge in [0, 0.05) is 0 Å². The van der Waals surface area contributed by atoms with E-state index in [0.29, 0.717) is 0 Å². The van der Waals surface area contributed by atoms with Crippen LogP contribution in [-0.2, 0) is 4.74 Å². The summed E-state index contributed by atoms with van der Waals surface area (Å²) in [6.07, 6.45) is 2.32. The molecule has 0 saturated carbocycles. The number of fused-ring (bicyclic) bond motifs is 1. The molecule has 2 heteroatoms. The van der Waals surface area contributed by atoms with E-state index in [9.17, 15) is 4.39 Å². The van der Waals surface area contributed by atoms with Gasteiger partial charge in [0.15, 0.2) is 6.36 Å². The minimum atomic E-state index is -1.23. The van der Waals surface area contributed by atoms with Crippen molar-refractivity contribution in [1.82, 2.24) is 0 Å². The molecule has 67 valence electrons. The average molecular weight is 177 g/mol. The highest BCUT2D eigenvalue weighted by molar-refractivity contribution is 5.61. The molecule has 1 aromatic rings. The number of ether oxygens (including phenoxy) is 1. The van der Waals surface area contributed by atoms with Gasteiger partial charge in [-0.25, -0.2) is 4.39 Å². The van der Waals surface area contributed by atoms with E-state index in [1.54, 1.807) is 0 Å². The molecule has 2 atom stereocenters. The van der Waals surface area contributed by atoms with Gasteiger partial charge in [-0.05, 0) is 30.2 Å². The third-order valence-corrected chi connectivity index (χ3v) is 2.02. The Bertz CT molecular complexity index is 331. The van der Waals surface area contributed by atoms with Crippen LogP contribution >= 0.6 is 0 Å². The first kappa shape index (κ1) is 8.45. The van der Waals surface area contributed by atoms with E-state index in [0.717, 1.165) is 11.1 Å². The smallest absolute Gasteiger partial charge is 0.196 e. The van der Waals surface area contributed by atoms with Crippen LogP contribution < -0.4 is 0 Å². The van der Waals surface area contributed by atoms with Crippen molar-refractivity contribution in [3.63, 3.8) is 0 Å². The first-order chi connectivity index (χ1) is 6.27. The van der Waals surface area contributed by atoms with Crippen molar-refractivity contribution in [3.05, 3.63) is 41.5 Å². The van der Waals surface area contributed by atoms with Gasteiger partial charge >= 0.3 is 0 Å². The highest BCUT2D eigenvalue weighted by Gasteiger charge is 2.18. The summed E-state index contributed by atoms with van der Waals surface area (Å²) in [6.45, 7) is 1.39. The fraction of sp³-hybridized carbons (Fsp3) is 0.273. The predicted molar refractivity (Wildman–Crippen MR) is 48.7 cm³/mol. The molecular formula is C11H10FO. The Kier molecular flexibility index (Phi) is 2.15. The third-order valence-electron chi connectivity index (χ3n) is 2.02. The standard InChI is InChI=1S/C11H10FO/c1-8(12)13-11-7-6-9-4-2-3-5-10(9)11/h3-8,11H,1H3. The van der Waals surface area contributed by atoms with Crippen molar-refractivity contribution in [2.24, 2.45) is 0 Å². The summed E-state index contributed by atoms with van der Waals surface area (Å²) in [4.78, 5) is 0. The van der Waals surface area contributed by atoms with Gasteiger partial charge in [0.2, 0.25) is 0 Å². The van der Waals surface area contributed by atoms with Gasteiger partial charge in [0.05, 0.1) is 0 Å². The van der Waals surface area contributed by atoms with Crippen LogP contribution in [-0.4, -0.2) is 6.36 Å². The van der Waals surface area contributed by atoms with Crippen LogP contribution in [0.4, 0.5) is 4.39 Å². The Balaban J connectivity index is 2.23. The molecule has 2 rings (SSSR count). The lowest BCUT2D eigenvalue weighted by Crippen LogP contribution is -2.05. The van der Waals surface area contributed by atoms with E-state index in [-0.39, 0.29) is 6.10 Å². The van der Waals surface area contributed by atoms with Crippen LogP contribution in [0.25, 0.3) is 6.08 Å². The van der Waals surface area contributed by atoms with Crippen molar-refractivity contribution in [1.29, 1.82) is 0 Å². The van der Waals surface area contributed by atoms with Crippen LogP contribution in [0.3, 0.4) is 0 Å². The van der Waals surface area contributed by atoms with Gasteiger partial charge in [0.1, 0.15) is 6.10 Å². The van der Waals surface area contributed by atoms with Crippen LogP contribution in [0.1, 0.15) is 24.2 Å². The maximum absolute atomic E-state index is 12.6. The second kappa shape index (κ2) is 3.30. The van der Waals surface area contributed by atoms with Gasteiger partial charge in [-0.15, -0.1) is 0 Å². The zero-order valence-electron chi connectivity index (χ0n) is 7.33. The van der Waals surface area contributed by atoms with E-state index in [1.807, 2.05) is 30.4 Å². The SMILES string of the molecule is CC(F)OC1C=Cc2c[c]ccc21. The van der Waals surface area contributed by atoms with E-state index in [4.69, 9.17) is 4.74 Å². The van der Waals surface area contributed by atoms with Crippen LogP contribution in [0.15, 0.2) is 24.3 Å².